The zero-order chi connectivity index (χ0) is 59.1. The lowest BCUT2D eigenvalue weighted by atomic mass is 9.98. The molecule has 31 nitrogen and oxygen atoms in total. The van der Waals surface area contributed by atoms with Crippen molar-refractivity contribution in [1.29, 1.82) is 0 Å². The number of nitrogens with two attached hydrogens (primary N) is 7. The average Bonchev–Trinajstić information content (AvgIpc) is 3.35. The molecule has 0 aromatic carbocycles. The molecule has 0 saturated carbocycles. The number of primary amides is 2. The third-order valence-corrected chi connectivity index (χ3v) is 12.0. The summed E-state index contributed by atoms with van der Waals surface area (Å²) in [5, 5.41) is 31.6. The number of hydrogen-bond acceptors (Lipinski definition) is 15. The monoisotopic (exact) mass is 1100 g/mol. The van der Waals surface area contributed by atoms with Crippen molar-refractivity contribution in [3.63, 3.8) is 0 Å². The zero-order valence-corrected chi connectivity index (χ0v) is 45.0. The third kappa shape index (κ3) is 28.6. The number of hydrogen-bond donors (Lipinski definition) is 17. The summed E-state index contributed by atoms with van der Waals surface area (Å²) in [6, 6.07) is -10.5. The van der Waals surface area contributed by atoms with Gasteiger partial charge in [0.15, 0.2) is 11.9 Å². The largest absolute Gasteiger partial charge is 0.480 e. The van der Waals surface area contributed by atoms with E-state index in [9.17, 15) is 62.6 Å². The van der Waals surface area contributed by atoms with Crippen molar-refractivity contribution in [1.82, 2.24) is 47.9 Å². The van der Waals surface area contributed by atoms with Gasteiger partial charge >= 0.3 is 5.97 Å². The first-order chi connectivity index (χ1) is 35.9. The van der Waals surface area contributed by atoms with E-state index in [4.69, 9.17) is 40.1 Å². The number of nitrogens with one attached hydrogen (secondary N) is 9. The molecule has 436 valence electrons. The first-order valence-electron chi connectivity index (χ1n) is 25.3. The SMILES string of the molecule is CC[C@H](C)[C@H](N)C(=O)N[C@@H](CCC(N)=O)C(=O)N[C@@H](CCC(N)=O)C(=O)NCC(=O)N[C@@H](C)C(=O)N[C@@H](CCCN=C(N)N)C(=O)N[C@H](C(=O)NCC(=O)N[C@@H](CCCN=C(N)N)C(=O)N[C@H](C(=O)O)[C@@H](C)CC)C(C)C. The Labute approximate surface area is 447 Å². The van der Waals surface area contributed by atoms with Crippen LogP contribution in [0.5, 0.6) is 0 Å². The quantitative estimate of drug-likeness (QED) is 0.0155. The van der Waals surface area contributed by atoms with Crippen LogP contribution in [0.1, 0.15) is 113 Å². The molecule has 0 unspecified atom stereocenters. The van der Waals surface area contributed by atoms with Crippen molar-refractivity contribution in [3.05, 3.63) is 0 Å². The molecular formula is C46H84N18O13. The molecule has 0 aromatic heterocycles. The molecule has 0 aliphatic rings. The highest BCUT2D eigenvalue weighted by atomic mass is 16.4. The maximum absolute atomic E-state index is 13.8. The van der Waals surface area contributed by atoms with Gasteiger partial charge in [-0.05, 0) is 63.2 Å². The fourth-order valence-corrected chi connectivity index (χ4v) is 6.90. The zero-order valence-electron chi connectivity index (χ0n) is 45.0. The smallest absolute Gasteiger partial charge is 0.326 e. The van der Waals surface area contributed by atoms with E-state index in [-0.39, 0.29) is 75.9 Å². The van der Waals surface area contributed by atoms with Gasteiger partial charge in [-0.2, -0.15) is 0 Å². The number of carboxylic acids is 1. The van der Waals surface area contributed by atoms with Crippen molar-refractivity contribution in [3.8, 4) is 0 Å². The van der Waals surface area contributed by atoms with Crippen LogP contribution in [0.15, 0.2) is 9.98 Å². The van der Waals surface area contributed by atoms with Crippen LogP contribution in [0.4, 0.5) is 0 Å². The molecule has 24 N–H and O–H groups in total. The Kier molecular flexibility index (Phi) is 32.5. The first kappa shape index (κ1) is 69.1. The number of nitrogens with zero attached hydrogens (tertiary/aromatic N) is 2. The predicted molar refractivity (Wildman–Crippen MR) is 281 cm³/mol. The molecule has 0 aliphatic carbocycles. The third-order valence-electron chi connectivity index (χ3n) is 12.0. The normalized spacial score (nSPS) is 14.8. The van der Waals surface area contributed by atoms with Crippen molar-refractivity contribution < 1.29 is 62.6 Å². The molecule has 0 bridgehead atoms. The molecule has 0 radical (unpaired) electrons. The lowest BCUT2D eigenvalue weighted by Crippen LogP contribution is -2.58. The molecular weight excluding hydrogens is 1010 g/mol. The van der Waals surface area contributed by atoms with Gasteiger partial charge in [-0.15, -0.1) is 0 Å². The van der Waals surface area contributed by atoms with Crippen LogP contribution in [-0.4, -0.2) is 162 Å². The fourth-order valence-electron chi connectivity index (χ4n) is 6.90. The Balaban J connectivity index is 6.10. The van der Waals surface area contributed by atoms with E-state index in [1.165, 1.54) is 6.92 Å². The lowest BCUT2D eigenvalue weighted by Gasteiger charge is -2.26. The maximum Gasteiger partial charge on any atom is 0.326 e. The van der Waals surface area contributed by atoms with Gasteiger partial charge < -0.3 is 93.1 Å². The lowest BCUT2D eigenvalue weighted by molar-refractivity contribution is -0.143. The number of aliphatic imine (C=N–C) groups is 2. The molecule has 0 aromatic rings. The summed E-state index contributed by atoms with van der Waals surface area (Å²) in [5.41, 5.74) is 38.2. The summed E-state index contributed by atoms with van der Waals surface area (Å²) in [5.74, 6) is -12.5. The van der Waals surface area contributed by atoms with Gasteiger partial charge in [0, 0.05) is 25.9 Å². The van der Waals surface area contributed by atoms with Gasteiger partial charge in [-0.25, -0.2) is 4.79 Å². The van der Waals surface area contributed by atoms with E-state index in [1.807, 2.05) is 0 Å². The highest BCUT2D eigenvalue weighted by Crippen LogP contribution is 2.11. The van der Waals surface area contributed by atoms with Crippen LogP contribution in [0.3, 0.4) is 0 Å². The number of rotatable bonds is 38. The minimum atomic E-state index is -1.49. The second-order valence-electron chi connectivity index (χ2n) is 18.8. The summed E-state index contributed by atoms with van der Waals surface area (Å²) in [4.78, 5) is 163. The second kappa shape index (κ2) is 36.2. The van der Waals surface area contributed by atoms with Gasteiger partial charge in [0.2, 0.25) is 65.0 Å². The number of aliphatic carboxylic acids is 1. The van der Waals surface area contributed by atoms with Gasteiger partial charge in [0.1, 0.15) is 42.3 Å². The highest BCUT2D eigenvalue weighted by molar-refractivity contribution is 5.97. The average molecular weight is 1100 g/mol. The van der Waals surface area contributed by atoms with E-state index >= 15 is 0 Å². The van der Waals surface area contributed by atoms with E-state index in [0.29, 0.717) is 12.8 Å². The van der Waals surface area contributed by atoms with Crippen LogP contribution in [-0.2, 0) is 57.5 Å². The Morgan fingerprint density at radius 1 is 0.455 bits per heavy atom. The molecule has 31 heteroatoms. The molecule has 0 heterocycles. The van der Waals surface area contributed by atoms with Crippen molar-refractivity contribution in [2.45, 2.75) is 161 Å². The van der Waals surface area contributed by atoms with Gasteiger partial charge in [0.05, 0.1) is 19.1 Å². The molecule has 0 spiro atoms. The van der Waals surface area contributed by atoms with E-state index < -0.39 is 151 Å². The number of guanidine groups is 2. The summed E-state index contributed by atoms with van der Waals surface area (Å²) < 4.78 is 0. The summed E-state index contributed by atoms with van der Waals surface area (Å²) in [7, 11) is 0. The Bertz CT molecular complexity index is 2100. The molecule has 10 atom stereocenters. The van der Waals surface area contributed by atoms with Gasteiger partial charge in [-0.3, -0.25) is 62.7 Å². The summed E-state index contributed by atoms with van der Waals surface area (Å²) >= 11 is 0. The van der Waals surface area contributed by atoms with E-state index in [0.717, 1.165) is 0 Å². The standard InChI is InChI=1S/C46H84N18O13/c1-8-23(5)34(49)42(74)62-29(15-17-31(48)66)39(71)61-28(14-16-30(47)65)38(70)56-20-32(67)58-25(7)37(69)60-27(13-11-19-55-46(52)53)41(73)63-35(22(3)4)43(75)57-21-33(68)59-26(12-10-18-54-45(50)51)40(72)64-36(44(76)77)24(6)9-2/h22-29,34-36H,8-21,49H2,1-7H3,(H2,47,65)(H2,48,66)(H,56,70)(H,57,75)(H,58,67)(H,59,68)(H,60,69)(H,61,71)(H,62,74)(H,63,73)(H,64,72)(H,76,77)(H4,50,51,54)(H4,52,53,55)/t23-,24-,25-,26-,27-,28-,29-,34-,35-,36-/m0/s1. The molecule has 77 heavy (non-hydrogen) atoms. The number of amides is 11. The van der Waals surface area contributed by atoms with Crippen molar-refractivity contribution in [2.24, 2.45) is 67.9 Å². The van der Waals surface area contributed by atoms with Crippen molar-refractivity contribution >= 4 is 82.9 Å². The predicted octanol–water partition coefficient (Wildman–Crippen LogP) is -6.57. The topological polar surface area (TPSA) is 540 Å². The first-order valence-corrected chi connectivity index (χ1v) is 25.3. The minimum Gasteiger partial charge on any atom is -0.480 e. The summed E-state index contributed by atoms with van der Waals surface area (Å²) in [6.07, 6.45) is -0.176. The highest BCUT2D eigenvalue weighted by Gasteiger charge is 2.34. The van der Waals surface area contributed by atoms with Gasteiger partial charge in [-0.1, -0.05) is 54.4 Å². The Morgan fingerprint density at radius 2 is 0.844 bits per heavy atom. The van der Waals surface area contributed by atoms with Crippen LogP contribution >= 0.6 is 0 Å². The van der Waals surface area contributed by atoms with E-state index in [2.05, 4.69) is 57.8 Å². The van der Waals surface area contributed by atoms with Crippen LogP contribution in [0.2, 0.25) is 0 Å². The Morgan fingerprint density at radius 3 is 1.29 bits per heavy atom. The van der Waals surface area contributed by atoms with Crippen LogP contribution in [0, 0.1) is 17.8 Å². The molecule has 0 aliphatic heterocycles. The maximum atomic E-state index is 13.8. The number of carbonyl (C=O) groups is 12. The van der Waals surface area contributed by atoms with Gasteiger partial charge in [0.25, 0.3) is 0 Å². The minimum absolute atomic E-state index is 0.0153. The van der Waals surface area contributed by atoms with Crippen LogP contribution in [0.25, 0.3) is 0 Å². The van der Waals surface area contributed by atoms with Crippen molar-refractivity contribution in [2.75, 3.05) is 26.2 Å². The number of carboxylic acid groups (broad SMARTS) is 1. The fraction of sp³-hybridized carbons (Fsp3) is 0.696. The number of carbonyl (C=O) groups excluding carboxylic acids is 11. The summed E-state index contributed by atoms with van der Waals surface area (Å²) in [6.45, 7) is 9.99. The Hall–Kier alpha value is -7.86. The van der Waals surface area contributed by atoms with Crippen LogP contribution < -0.4 is 88.0 Å². The molecule has 0 saturated heterocycles. The second-order valence-corrected chi connectivity index (χ2v) is 18.8. The molecule has 11 amide bonds. The van der Waals surface area contributed by atoms with E-state index in [1.54, 1.807) is 41.5 Å². The molecule has 0 rings (SSSR count). The molecule has 0 fully saturated rings.